The Hall–Kier alpha value is -0.553. The molecule has 0 aromatic heterocycles. The summed E-state index contributed by atoms with van der Waals surface area (Å²) in [6.07, 6.45) is 1.39. The molecule has 0 aromatic carbocycles. The molecule has 2 atom stereocenters. The lowest BCUT2D eigenvalue weighted by molar-refractivity contribution is 0.134. The van der Waals surface area contributed by atoms with Crippen molar-refractivity contribution in [3.05, 3.63) is 0 Å². The van der Waals surface area contributed by atoms with E-state index in [1.807, 2.05) is 0 Å². The largest absolute Gasteiger partial charge is 0.465 e. The average Bonchev–Trinajstić information content (AvgIpc) is 2.60. The minimum atomic E-state index is -1.82. The van der Waals surface area contributed by atoms with E-state index in [1.54, 1.807) is 0 Å². The van der Waals surface area contributed by atoms with Crippen molar-refractivity contribution in [2.24, 2.45) is 5.92 Å². The van der Waals surface area contributed by atoms with E-state index in [-0.39, 0.29) is 11.1 Å². The molecule has 1 fully saturated rings. The van der Waals surface area contributed by atoms with Gasteiger partial charge in [0.1, 0.15) is 0 Å². The van der Waals surface area contributed by atoms with E-state index in [0.717, 1.165) is 12.8 Å². The second-order valence-corrected chi connectivity index (χ2v) is 11.9. The van der Waals surface area contributed by atoms with Crippen LogP contribution in [0.15, 0.2) is 0 Å². The Kier molecular flexibility index (Phi) is 5.06. The van der Waals surface area contributed by atoms with E-state index in [0.29, 0.717) is 19.0 Å². The van der Waals surface area contributed by atoms with Gasteiger partial charge < -0.3 is 14.4 Å². The van der Waals surface area contributed by atoms with E-state index in [1.165, 1.54) is 4.90 Å². The van der Waals surface area contributed by atoms with Crippen LogP contribution >= 0.6 is 0 Å². The molecule has 0 radical (unpaired) electrons. The second-order valence-electron chi connectivity index (χ2n) is 7.15. The van der Waals surface area contributed by atoms with Gasteiger partial charge in [-0.3, -0.25) is 0 Å². The highest BCUT2D eigenvalue weighted by Gasteiger charge is 2.44. The number of nitrogens with zero attached hydrogens (tertiary/aromatic N) is 1. The van der Waals surface area contributed by atoms with Crippen molar-refractivity contribution in [1.29, 1.82) is 0 Å². The zero-order chi connectivity index (χ0) is 14.8. The van der Waals surface area contributed by atoms with Crippen molar-refractivity contribution in [2.75, 3.05) is 13.1 Å². The van der Waals surface area contributed by atoms with Crippen molar-refractivity contribution in [3.63, 3.8) is 0 Å². The van der Waals surface area contributed by atoms with Crippen LogP contribution in [0.3, 0.4) is 0 Å². The monoisotopic (exact) mass is 287 g/mol. The van der Waals surface area contributed by atoms with Crippen molar-refractivity contribution in [1.82, 2.24) is 4.90 Å². The highest BCUT2D eigenvalue weighted by Crippen LogP contribution is 2.39. The van der Waals surface area contributed by atoms with E-state index < -0.39 is 14.4 Å². The predicted molar refractivity (Wildman–Crippen MR) is 80.1 cm³/mol. The summed E-state index contributed by atoms with van der Waals surface area (Å²) in [5.74, 6) is 0.357. The van der Waals surface area contributed by atoms with Gasteiger partial charge in [-0.05, 0) is 24.6 Å². The van der Waals surface area contributed by atoms with Crippen LogP contribution in [0.2, 0.25) is 18.1 Å². The Morgan fingerprint density at radius 2 is 1.95 bits per heavy atom. The normalized spacial score (nSPS) is 24.8. The smallest absolute Gasteiger partial charge is 0.407 e. The third-order valence-corrected chi connectivity index (χ3v) is 9.07. The van der Waals surface area contributed by atoms with Gasteiger partial charge in [-0.25, -0.2) is 4.79 Å². The predicted octanol–water partition coefficient (Wildman–Crippen LogP) is 3.79. The summed E-state index contributed by atoms with van der Waals surface area (Å²) in [5.41, 5.74) is 0. The average molecular weight is 287 g/mol. The molecule has 112 valence electrons. The van der Waals surface area contributed by atoms with Crippen molar-refractivity contribution >= 4 is 14.4 Å². The van der Waals surface area contributed by atoms with Gasteiger partial charge >= 0.3 is 6.09 Å². The number of rotatable bonds is 4. The molecule has 1 aliphatic heterocycles. The molecule has 1 heterocycles. The number of carboxylic acid groups (broad SMARTS) is 1. The highest BCUT2D eigenvalue weighted by molar-refractivity contribution is 6.74. The Morgan fingerprint density at radius 1 is 1.37 bits per heavy atom. The summed E-state index contributed by atoms with van der Waals surface area (Å²) in [4.78, 5) is 12.7. The van der Waals surface area contributed by atoms with Crippen molar-refractivity contribution in [3.8, 4) is 0 Å². The van der Waals surface area contributed by atoms with E-state index in [4.69, 9.17) is 9.53 Å². The topological polar surface area (TPSA) is 49.8 Å². The molecule has 1 amide bonds. The molecule has 0 spiro atoms. The number of hydrogen-bond donors (Lipinski definition) is 1. The minimum absolute atomic E-state index is 0.0805. The summed E-state index contributed by atoms with van der Waals surface area (Å²) in [7, 11) is -1.82. The van der Waals surface area contributed by atoms with Crippen LogP contribution in [0.25, 0.3) is 0 Å². The Balaban J connectivity index is 2.77. The molecule has 0 saturated carbocycles. The van der Waals surface area contributed by atoms with Gasteiger partial charge in [-0.15, -0.1) is 0 Å². The number of carbonyl (C=O) groups is 1. The first-order valence-electron chi connectivity index (χ1n) is 7.24. The molecule has 5 heteroatoms. The van der Waals surface area contributed by atoms with Gasteiger partial charge in [-0.1, -0.05) is 34.1 Å². The SMILES string of the molecule is CCCC1CN(C(=O)O)CC1O[Si](C)(C)C(C)(C)C. The molecule has 2 unspecified atom stereocenters. The minimum Gasteiger partial charge on any atom is -0.465 e. The van der Waals surface area contributed by atoms with Crippen LogP contribution in [0.5, 0.6) is 0 Å². The Morgan fingerprint density at radius 3 is 2.37 bits per heavy atom. The van der Waals surface area contributed by atoms with Gasteiger partial charge in [0, 0.05) is 19.0 Å². The van der Waals surface area contributed by atoms with Crippen LogP contribution in [0, 0.1) is 5.92 Å². The standard InChI is InChI=1S/C14H29NO3Si/c1-7-8-11-9-15(13(16)17)10-12(11)18-19(5,6)14(2,3)4/h11-12H,7-10H2,1-6H3,(H,16,17). The molecule has 1 rings (SSSR count). The number of likely N-dealkylation sites (tertiary alicyclic amines) is 1. The fourth-order valence-corrected chi connectivity index (χ4v) is 3.71. The van der Waals surface area contributed by atoms with Gasteiger partial charge in [0.05, 0.1) is 6.10 Å². The van der Waals surface area contributed by atoms with Crippen LogP contribution in [0.4, 0.5) is 4.79 Å². The molecule has 1 aliphatic rings. The first-order chi connectivity index (χ1) is 8.58. The van der Waals surface area contributed by atoms with Crippen molar-refractivity contribution in [2.45, 2.75) is 64.8 Å². The highest BCUT2D eigenvalue weighted by atomic mass is 28.4. The lowest BCUT2D eigenvalue weighted by Crippen LogP contribution is -2.46. The number of hydrogen-bond acceptors (Lipinski definition) is 2. The third-order valence-electron chi connectivity index (χ3n) is 4.56. The Labute approximate surface area is 118 Å². The molecule has 19 heavy (non-hydrogen) atoms. The van der Waals surface area contributed by atoms with Gasteiger partial charge in [-0.2, -0.15) is 0 Å². The zero-order valence-corrected chi connectivity index (χ0v) is 14.2. The summed E-state index contributed by atoms with van der Waals surface area (Å²) in [5, 5.41) is 9.32. The molecule has 0 aromatic rings. The van der Waals surface area contributed by atoms with E-state index >= 15 is 0 Å². The van der Waals surface area contributed by atoms with Gasteiger partial charge in [0.15, 0.2) is 8.32 Å². The van der Waals surface area contributed by atoms with E-state index in [2.05, 4.69) is 40.8 Å². The second kappa shape index (κ2) is 5.83. The fraction of sp³-hybridized carbons (Fsp3) is 0.929. The quantitative estimate of drug-likeness (QED) is 0.800. The molecular weight excluding hydrogens is 258 g/mol. The third kappa shape index (κ3) is 3.95. The molecular formula is C14H29NO3Si. The summed E-state index contributed by atoms with van der Waals surface area (Å²) < 4.78 is 6.44. The maximum atomic E-state index is 11.1. The van der Waals surface area contributed by atoms with Crippen LogP contribution in [-0.2, 0) is 4.43 Å². The summed E-state index contributed by atoms with van der Waals surface area (Å²) in [6.45, 7) is 14.4. The van der Waals surface area contributed by atoms with Gasteiger partial charge in [0.2, 0.25) is 0 Å². The zero-order valence-electron chi connectivity index (χ0n) is 13.2. The first-order valence-corrected chi connectivity index (χ1v) is 10.1. The van der Waals surface area contributed by atoms with Crippen LogP contribution < -0.4 is 0 Å². The lowest BCUT2D eigenvalue weighted by atomic mass is 10.0. The van der Waals surface area contributed by atoms with Crippen LogP contribution in [-0.4, -0.2) is 43.6 Å². The Bertz CT molecular complexity index is 325. The molecule has 4 nitrogen and oxygen atoms in total. The molecule has 1 N–H and O–H groups in total. The summed E-state index contributed by atoms with van der Waals surface area (Å²) in [6, 6.07) is 0. The fourth-order valence-electron chi connectivity index (χ4n) is 2.33. The van der Waals surface area contributed by atoms with Crippen molar-refractivity contribution < 1.29 is 14.3 Å². The lowest BCUT2D eigenvalue weighted by Gasteiger charge is -2.39. The van der Waals surface area contributed by atoms with Crippen LogP contribution in [0.1, 0.15) is 40.5 Å². The first kappa shape index (κ1) is 16.5. The summed E-state index contributed by atoms with van der Waals surface area (Å²) >= 11 is 0. The maximum Gasteiger partial charge on any atom is 0.407 e. The molecule has 0 aliphatic carbocycles. The molecule has 1 saturated heterocycles. The van der Waals surface area contributed by atoms with Gasteiger partial charge in [0.25, 0.3) is 0 Å². The molecule has 0 bridgehead atoms. The number of amides is 1. The van der Waals surface area contributed by atoms with E-state index in [9.17, 15) is 4.79 Å². The maximum absolute atomic E-state index is 11.1.